The minimum atomic E-state index is -0.399. The Bertz CT molecular complexity index is 1270. The van der Waals surface area contributed by atoms with E-state index in [1.165, 1.54) is 25.5 Å². The number of aliphatic hydroxyl groups is 1. The van der Waals surface area contributed by atoms with Gasteiger partial charge in [-0.3, -0.25) is 4.90 Å². The van der Waals surface area contributed by atoms with Gasteiger partial charge in [0.25, 0.3) is 0 Å². The van der Waals surface area contributed by atoms with Gasteiger partial charge in [0.15, 0.2) is 17.7 Å². The molecule has 5 bridgehead atoms. The summed E-state index contributed by atoms with van der Waals surface area (Å²) in [6.07, 6.45) is 2.08. The standard InChI is InChI=1S/C30H36N2O6/c1-6-16-17-13-20-26-30(18-9-7-8-10-19(18)31(26)2)14-21(24(17)27(30)33)32(20)28(16)38-29(34)15-11-22(35-3)25(37-5)23(12-15)36-4/h7-12,16-17,20-21,24,26-28,33H,6,13-14H2,1-5H3/t16-,17-,20-,21-,24-,26-,27+,28+,30+/m0/s1. The van der Waals surface area contributed by atoms with Crippen molar-refractivity contribution >= 4 is 11.7 Å². The lowest BCUT2D eigenvalue weighted by Gasteiger charge is -2.63. The summed E-state index contributed by atoms with van der Waals surface area (Å²) < 4.78 is 22.8. The van der Waals surface area contributed by atoms with E-state index in [1.54, 1.807) is 19.2 Å². The highest BCUT2D eigenvalue weighted by atomic mass is 16.6. The number of anilines is 1. The number of esters is 1. The second kappa shape index (κ2) is 8.26. The summed E-state index contributed by atoms with van der Waals surface area (Å²) in [4.78, 5) is 18.5. The van der Waals surface area contributed by atoms with Crippen LogP contribution in [0.4, 0.5) is 5.69 Å². The summed E-state index contributed by atoms with van der Waals surface area (Å²) in [6.45, 7) is 2.17. The summed E-state index contributed by atoms with van der Waals surface area (Å²) in [5, 5.41) is 12.1. The Morgan fingerprint density at radius 2 is 1.79 bits per heavy atom. The van der Waals surface area contributed by atoms with Crippen molar-refractivity contribution in [1.29, 1.82) is 0 Å². The van der Waals surface area contributed by atoms with Crippen molar-refractivity contribution in [2.45, 2.75) is 62.1 Å². The molecule has 5 fully saturated rings. The molecule has 202 valence electrons. The van der Waals surface area contributed by atoms with E-state index < -0.39 is 12.1 Å². The lowest BCUT2D eigenvalue weighted by molar-refractivity contribution is -0.211. The number of likely N-dealkylation sites (N-methyl/N-ethyl adjacent to an activating group) is 1. The van der Waals surface area contributed by atoms with Gasteiger partial charge < -0.3 is 29.0 Å². The van der Waals surface area contributed by atoms with Crippen LogP contribution in [0.3, 0.4) is 0 Å². The predicted molar refractivity (Wildman–Crippen MR) is 141 cm³/mol. The number of carbonyl (C=O) groups excluding carboxylic acids is 1. The molecule has 2 aromatic carbocycles. The van der Waals surface area contributed by atoms with Gasteiger partial charge in [0.2, 0.25) is 5.75 Å². The zero-order valence-corrected chi connectivity index (χ0v) is 22.6. The van der Waals surface area contributed by atoms with E-state index in [2.05, 4.69) is 48.0 Å². The fourth-order valence-electron chi connectivity index (χ4n) is 9.37. The predicted octanol–water partition coefficient (Wildman–Crippen LogP) is 3.45. The second-order valence-electron chi connectivity index (χ2n) is 11.6. The topological polar surface area (TPSA) is 80.7 Å². The van der Waals surface area contributed by atoms with Gasteiger partial charge in [-0.05, 0) is 48.9 Å². The van der Waals surface area contributed by atoms with Crippen LogP contribution < -0.4 is 19.1 Å². The Morgan fingerprint density at radius 3 is 2.45 bits per heavy atom. The van der Waals surface area contributed by atoms with Crippen molar-refractivity contribution in [1.82, 2.24) is 4.90 Å². The first-order valence-electron chi connectivity index (χ1n) is 13.7. The highest BCUT2D eigenvalue weighted by Crippen LogP contribution is 2.69. The molecule has 2 aromatic rings. The Morgan fingerprint density at radius 1 is 1.08 bits per heavy atom. The number of methoxy groups -OCH3 is 3. The van der Waals surface area contributed by atoms with E-state index in [-0.39, 0.29) is 41.6 Å². The molecule has 38 heavy (non-hydrogen) atoms. The molecular formula is C30H36N2O6. The van der Waals surface area contributed by atoms with Gasteiger partial charge in [0.05, 0.1) is 39.0 Å². The minimum absolute atomic E-state index is 0.154. The monoisotopic (exact) mass is 520 g/mol. The normalized spacial score (nSPS) is 39.1. The molecule has 1 aliphatic carbocycles. The van der Waals surface area contributed by atoms with E-state index in [0.717, 1.165) is 19.3 Å². The van der Waals surface area contributed by atoms with E-state index in [4.69, 9.17) is 18.9 Å². The van der Waals surface area contributed by atoms with Crippen LogP contribution in [0.5, 0.6) is 17.2 Å². The fraction of sp³-hybridized carbons (Fsp3) is 0.567. The lowest BCUT2D eigenvalue weighted by Crippen LogP contribution is -2.73. The van der Waals surface area contributed by atoms with Crippen LogP contribution in [0.1, 0.15) is 42.1 Å². The highest BCUT2D eigenvalue weighted by molar-refractivity contribution is 5.91. The first-order valence-corrected chi connectivity index (χ1v) is 13.7. The Hall–Kier alpha value is -2.97. The Balaban J connectivity index is 1.27. The average Bonchev–Trinajstić information content (AvgIpc) is 3.33. The first kappa shape index (κ1) is 24.1. The zero-order valence-electron chi connectivity index (χ0n) is 22.6. The number of fused-ring (bicyclic) bond motifs is 2. The molecule has 6 aliphatic rings. The number of nitrogens with zero attached hydrogens (tertiary/aromatic N) is 2. The molecule has 8 nitrogen and oxygen atoms in total. The maximum atomic E-state index is 13.7. The molecule has 1 saturated carbocycles. The van der Waals surface area contributed by atoms with Gasteiger partial charge in [0, 0.05) is 42.1 Å². The van der Waals surface area contributed by atoms with Crippen LogP contribution >= 0.6 is 0 Å². The number of hydrogen-bond acceptors (Lipinski definition) is 8. The number of carbonyl (C=O) groups is 1. The molecule has 10 atom stereocenters. The van der Waals surface area contributed by atoms with Gasteiger partial charge in [0.1, 0.15) is 0 Å². The summed E-state index contributed by atoms with van der Waals surface area (Å²) in [5.74, 6) is 1.56. The Labute approximate surface area is 223 Å². The summed E-state index contributed by atoms with van der Waals surface area (Å²) in [5.41, 5.74) is 2.62. The first-order chi connectivity index (χ1) is 18.4. The molecular weight excluding hydrogens is 484 g/mol. The van der Waals surface area contributed by atoms with E-state index in [0.29, 0.717) is 28.7 Å². The van der Waals surface area contributed by atoms with Crippen LogP contribution in [0, 0.1) is 17.8 Å². The van der Waals surface area contributed by atoms with E-state index >= 15 is 0 Å². The van der Waals surface area contributed by atoms with E-state index in [9.17, 15) is 9.90 Å². The number of para-hydroxylation sites is 1. The largest absolute Gasteiger partial charge is 0.493 e. The molecule has 4 saturated heterocycles. The highest BCUT2D eigenvalue weighted by Gasteiger charge is 2.76. The zero-order chi connectivity index (χ0) is 26.5. The fourth-order valence-corrected chi connectivity index (χ4v) is 9.37. The molecule has 8 rings (SSSR count). The van der Waals surface area contributed by atoms with Crippen LogP contribution in [0.2, 0.25) is 0 Å². The number of piperidine rings is 4. The van der Waals surface area contributed by atoms with Crippen molar-refractivity contribution in [3.05, 3.63) is 47.5 Å². The number of ether oxygens (including phenoxy) is 4. The van der Waals surface area contributed by atoms with Gasteiger partial charge in [-0.25, -0.2) is 4.79 Å². The van der Waals surface area contributed by atoms with Gasteiger partial charge >= 0.3 is 5.97 Å². The van der Waals surface area contributed by atoms with Gasteiger partial charge in [-0.15, -0.1) is 0 Å². The molecule has 0 radical (unpaired) electrons. The van der Waals surface area contributed by atoms with Gasteiger partial charge in [-0.1, -0.05) is 25.1 Å². The molecule has 5 heterocycles. The number of benzene rings is 2. The number of aliphatic hydroxyl groups excluding tert-OH is 1. The van der Waals surface area contributed by atoms with Crippen molar-refractivity contribution in [3.8, 4) is 17.2 Å². The maximum Gasteiger partial charge on any atom is 0.339 e. The molecule has 5 aliphatic heterocycles. The van der Waals surface area contributed by atoms with Crippen molar-refractivity contribution in [3.63, 3.8) is 0 Å². The molecule has 0 amide bonds. The van der Waals surface area contributed by atoms with Crippen LogP contribution in [-0.2, 0) is 10.2 Å². The quantitative estimate of drug-likeness (QED) is 0.581. The molecule has 1 unspecified atom stereocenters. The van der Waals surface area contributed by atoms with Crippen molar-refractivity contribution in [2.24, 2.45) is 17.8 Å². The third-order valence-corrected chi connectivity index (χ3v) is 10.6. The lowest BCUT2D eigenvalue weighted by atomic mass is 9.62. The Kier molecular flexibility index (Phi) is 5.24. The summed E-state index contributed by atoms with van der Waals surface area (Å²) in [7, 11) is 6.78. The maximum absolute atomic E-state index is 13.7. The average molecular weight is 521 g/mol. The molecule has 8 heteroatoms. The molecule has 1 N–H and O–H groups in total. The SMILES string of the molecule is CC[C@H]1[C@@H]2C[C@H]3[C@@H]4N(C)c5ccccc5[C@]45C[C@@H]([C@H]2[C@H]5O)N3[C@@H]1OC(=O)c1cc(OC)c(OC)c(OC)c1. The molecule has 0 aromatic heterocycles. The van der Waals surface area contributed by atoms with Crippen molar-refractivity contribution in [2.75, 3.05) is 33.3 Å². The third kappa shape index (κ3) is 2.75. The summed E-state index contributed by atoms with van der Waals surface area (Å²) in [6, 6.07) is 12.5. The minimum Gasteiger partial charge on any atom is -0.493 e. The molecule has 1 spiro atoms. The third-order valence-electron chi connectivity index (χ3n) is 10.6. The van der Waals surface area contributed by atoms with Crippen LogP contribution in [-0.4, -0.2) is 74.8 Å². The second-order valence-corrected chi connectivity index (χ2v) is 11.6. The smallest absolute Gasteiger partial charge is 0.339 e. The number of hydrogen-bond donors (Lipinski definition) is 1. The van der Waals surface area contributed by atoms with Gasteiger partial charge in [-0.2, -0.15) is 0 Å². The number of rotatable bonds is 6. The van der Waals surface area contributed by atoms with Crippen molar-refractivity contribution < 1.29 is 28.8 Å². The van der Waals surface area contributed by atoms with E-state index in [1.807, 2.05) is 0 Å². The van der Waals surface area contributed by atoms with Crippen LogP contribution in [0.25, 0.3) is 0 Å². The summed E-state index contributed by atoms with van der Waals surface area (Å²) >= 11 is 0. The van der Waals surface area contributed by atoms with Crippen LogP contribution in [0.15, 0.2) is 36.4 Å².